The Morgan fingerprint density at radius 2 is 2.37 bits per heavy atom. The highest BCUT2D eigenvalue weighted by Gasteiger charge is 2.32. The number of hydrogen-bond donors (Lipinski definition) is 2. The molecule has 0 saturated carbocycles. The van der Waals surface area contributed by atoms with Crippen LogP contribution in [-0.4, -0.2) is 34.6 Å². The molecule has 98 valence electrons. The third kappa shape index (κ3) is 3.01. The van der Waals surface area contributed by atoms with Crippen LogP contribution in [-0.2, 0) is 11.3 Å². The molecule has 19 heavy (non-hydrogen) atoms. The minimum atomic E-state index is -1.19. The van der Waals surface area contributed by atoms with Gasteiger partial charge in [0.1, 0.15) is 6.04 Å². The average Bonchev–Trinajstić information content (AvgIpc) is 2.71. The van der Waals surface area contributed by atoms with Gasteiger partial charge in [0.25, 0.3) is 0 Å². The summed E-state index contributed by atoms with van der Waals surface area (Å²) >= 11 is 0. The summed E-state index contributed by atoms with van der Waals surface area (Å²) in [4.78, 5) is 24.1. The fraction of sp³-hybridized carbons (Fsp3) is 0.308. The summed E-state index contributed by atoms with van der Waals surface area (Å²) in [6.45, 7) is 0.909. The lowest BCUT2D eigenvalue weighted by Gasteiger charge is -2.16. The van der Waals surface area contributed by atoms with Crippen molar-refractivity contribution in [3.05, 3.63) is 35.4 Å². The van der Waals surface area contributed by atoms with Crippen molar-refractivity contribution in [3.63, 3.8) is 0 Å². The van der Waals surface area contributed by atoms with Crippen LogP contribution in [0, 0.1) is 11.3 Å². The molecule has 6 heteroatoms. The molecule has 1 heterocycles. The van der Waals surface area contributed by atoms with E-state index in [1.165, 1.54) is 0 Å². The smallest absolute Gasteiger partial charge is 0.405 e. The minimum Gasteiger partial charge on any atom is -0.465 e. The molecule has 0 aromatic heterocycles. The van der Waals surface area contributed by atoms with Gasteiger partial charge in [0.15, 0.2) is 0 Å². The number of carboxylic acid groups (broad SMARTS) is 1. The van der Waals surface area contributed by atoms with Crippen molar-refractivity contribution in [2.45, 2.75) is 19.0 Å². The zero-order valence-electron chi connectivity index (χ0n) is 10.2. The zero-order chi connectivity index (χ0) is 13.8. The third-order valence-corrected chi connectivity index (χ3v) is 3.02. The number of carbonyl (C=O) groups excluding carboxylic acids is 1. The van der Waals surface area contributed by atoms with Gasteiger partial charge in [-0.15, -0.1) is 0 Å². The van der Waals surface area contributed by atoms with Gasteiger partial charge < -0.3 is 15.3 Å². The van der Waals surface area contributed by atoms with Crippen LogP contribution in [0.15, 0.2) is 24.3 Å². The lowest BCUT2D eigenvalue weighted by atomic mass is 10.1. The summed E-state index contributed by atoms with van der Waals surface area (Å²) in [6, 6.07) is 8.42. The first-order valence-electron chi connectivity index (χ1n) is 5.87. The minimum absolute atomic E-state index is 0.218. The maximum absolute atomic E-state index is 11.9. The molecule has 1 saturated heterocycles. The lowest BCUT2D eigenvalue weighted by molar-refractivity contribution is -0.129. The Hall–Kier alpha value is -2.55. The number of rotatable bonds is 3. The number of nitrogens with zero attached hydrogens (tertiary/aromatic N) is 2. The van der Waals surface area contributed by atoms with Crippen LogP contribution < -0.4 is 5.32 Å². The van der Waals surface area contributed by atoms with Crippen LogP contribution in [0.3, 0.4) is 0 Å². The largest absolute Gasteiger partial charge is 0.465 e. The second-order valence-electron chi connectivity index (χ2n) is 4.36. The molecule has 0 aliphatic carbocycles. The molecule has 2 rings (SSSR count). The summed E-state index contributed by atoms with van der Waals surface area (Å²) in [6.07, 6.45) is -0.713. The van der Waals surface area contributed by atoms with Crippen molar-refractivity contribution >= 4 is 12.0 Å². The van der Waals surface area contributed by atoms with Gasteiger partial charge in [-0.05, 0) is 24.1 Å². The van der Waals surface area contributed by atoms with E-state index in [2.05, 4.69) is 5.32 Å². The molecule has 0 unspecified atom stereocenters. The van der Waals surface area contributed by atoms with Crippen LogP contribution in [0.1, 0.15) is 17.5 Å². The van der Waals surface area contributed by atoms with Gasteiger partial charge in [-0.25, -0.2) is 4.79 Å². The summed E-state index contributed by atoms with van der Waals surface area (Å²) < 4.78 is 0. The molecule has 1 aromatic carbocycles. The van der Waals surface area contributed by atoms with Crippen LogP contribution in [0.5, 0.6) is 0 Å². The van der Waals surface area contributed by atoms with Gasteiger partial charge in [0.2, 0.25) is 5.91 Å². The number of amides is 2. The normalized spacial score (nSPS) is 18.2. The van der Waals surface area contributed by atoms with E-state index in [0.29, 0.717) is 25.1 Å². The van der Waals surface area contributed by atoms with Gasteiger partial charge in [0.05, 0.1) is 11.6 Å². The van der Waals surface area contributed by atoms with Crippen LogP contribution in [0.25, 0.3) is 0 Å². The summed E-state index contributed by atoms with van der Waals surface area (Å²) in [7, 11) is 0. The number of nitrogens with one attached hydrogen (secondary N) is 1. The summed E-state index contributed by atoms with van der Waals surface area (Å²) in [5.41, 5.74) is 1.41. The van der Waals surface area contributed by atoms with Gasteiger partial charge in [-0.3, -0.25) is 4.79 Å². The van der Waals surface area contributed by atoms with Crippen LogP contribution in [0.4, 0.5) is 4.79 Å². The SMILES string of the molecule is N#Cc1cccc(CN2CC[C@H](NC(=O)O)C2=O)c1. The van der Waals surface area contributed by atoms with E-state index in [1.807, 2.05) is 12.1 Å². The lowest BCUT2D eigenvalue weighted by Crippen LogP contribution is -2.40. The van der Waals surface area contributed by atoms with E-state index < -0.39 is 12.1 Å². The first-order valence-corrected chi connectivity index (χ1v) is 5.87. The van der Waals surface area contributed by atoms with Crippen molar-refractivity contribution in [2.24, 2.45) is 0 Å². The fourth-order valence-corrected chi connectivity index (χ4v) is 2.14. The first kappa shape index (κ1) is 12.9. The maximum atomic E-state index is 11.9. The Morgan fingerprint density at radius 1 is 1.58 bits per heavy atom. The molecule has 2 amide bonds. The van der Waals surface area contributed by atoms with Crippen molar-refractivity contribution in [2.75, 3.05) is 6.54 Å². The van der Waals surface area contributed by atoms with Gasteiger partial charge in [0, 0.05) is 13.1 Å². The van der Waals surface area contributed by atoms with Crippen LogP contribution in [0.2, 0.25) is 0 Å². The predicted octanol–water partition coefficient (Wildman–Crippen LogP) is 0.927. The molecular weight excluding hydrogens is 246 g/mol. The second-order valence-corrected chi connectivity index (χ2v) is 4.36. The molecule has 1 aliphatic rings. The van der Waals surface area contributed by atoms with E-state index >= 15 is 0 Å². The Morgan fingerprint density at radius 3 is 3.05 bits per heavy atom. The molecule has 6 nitrogen and oxygen atoms in total. The number of benzene rings is 1. The Bertz CT molecular complexity index is 550. The predicted molar refractivity (Wildman–Crippen MR) is 66.1 cm³/mol. The van der Waals surface area contributed by atoms with Gasteiger partial charge in [-0.1, -0.05) is 12.1 Å². The molecule has 0 radical (unpaired) electrons. The number of hydrogen-bond acceptors (Lipinski definition) is 3. The van der Waals surface area contributed by atoms with E-state index in [9.17, 15) is 9.59 Å². The molecule has 1 fully saturated rings. The molecular formula is C13H13N3O3. The highest BCUT2D eigenvalue weighted by atomic mass is 16.4. The Kier molecular flexibility index (Phi) is 3.66. The zero-order valence-corrected chi connectivity index (χ0v) is 10.2. The molecule has 2 N–H and O–H groups in total. The number of likely N-dealkylation sites (tertiary alicyclic amines) is 1. The molecule has 0 spiro atoms. The molecule has 1 atom stereocenters. The maximum Gasteiger partial charge on any atom is 0.405 e. The standard InChI is InChI=1S/C13H13N3O3/c14-7-9-2-1-3-10(6-9)8-16-5-4-11(12(16)17)15-13(18)19/h1-3,6,11,15H,4-5,8H2,(H,18,19)/t11-/m0/s1. The van der Waals surface area contributed by atoms with E-state index in [4.69, 9.17) is 10.4 Å². The van der Waals surface area contributed by atoms with E-state index in [1.54, 1.807) is 23.1 Å². The summed E-state index contributed by atoms with van der Waals surface area (Å²) in [5, 5.41) is 19.6. The number of nitriles is 1. The highest BCUT2D eigenvalue weighted by molar-refractivity contribution is 5.87. The van der Waals surface area contributed by atoms with Gasteiger partial charge in [-0.2, -0.15) is 5.26 Å². The molecule has 1 aromatic rings. The monoisotopic (exact) mass is 259 g/mol. The fourth-order valence-electron chi connectivity index (χ4n) is 2.14. The molecule has 1 aliphatic heterocycles. The molecule has 0 bridgehead atoms. The third-order valence-electron chi connectivity index (χ3n) is 3.02. The highest BCUT2D eigenvalue weighted by Crippen LogP contribution is 2.15. The topological polar surface area (TPSA) is 93.4 Å². The average molecular weight is 259 g/mol. The Balaban J connectivity index is 2.02. The van der Waals surface area contributed by atoms with Crippen molar-refractivity contribution in [1.29, 1.82) is 5.26 Å². The van der Waals surface area contributed by atoms with E-state index in [-0.39, 0.29) is 5.91 Å². The second kappa shape index (κ2) is 5.40. The van der Waals surface area contributed by atoms with Crippen molar-refractivity contribution in [3.8, 4) is 6.07 Å². The van der Waals surface area contributed by atoms with Crippen molar-refractivity contribution < 1.29 is 14.7 Å². The van der Waals surface area contributed by atoms with Gasteiger partial charge >= 0.3 is 6.09 Å². The van der Waals surface area contributed by atoms with Crippen molar-refractivity contribution in [1.82, 2.24) is 10.2 Å². The first-order chi connectivity index (χ1) is 9.10. The number of carbonyl (C=O) groups is 2. The van der Waals surface area contributed by atoms with E-state index in [0.717, 1.165) is 5.56 Å². The Labute approximate surface area is 110 Å². The quantitative estimate of drug-likeness (QED) is 0.844. The van der Waals surface area contributed by atoms with Crippen LogP contribution >= 0.6 is 0 Å². The summed E-state index contributed by atoms with van der Waals surface area (Å²) in [5.74, 6) is -0.218.